The molecule has 0 radical (unpaired) electrons. The maximum atomic E-state index is 11.9. The van der Waals surface area contributed by atoms with Crippen molar-refractivity contribution < 1.29 is 14.4 Å². The first-order valence-electron chi connectivity index (χ1n) is 5.68. The summed E-state index contributed by atoms with van der Waals surface area (Å²) in [6.07, 6.45) is 2.83. The molecule has 0 atom stereocenters. The fourth-order valence-corrected chi connectivity index (χ4v) is 1.88. The molecule has 0 aromatic heterocycles. The molecular formula is C13H14BrN3O3. The molecule has 0 saturated carbocycles. The molecule has 0 saturated heterocycles. The smallest absolute Gasteiger partial charge is 0.247 e. The molecule has 0 fully saturated rings. The Morgan fingerprint density at radius 1 is 1.10 bits per heavy atom. The van der Waals surface area contributed by atoms with Crippen molar-refractivity contribution in [1.82, 2.24) is 4.90 Å². The van der Waals surface area contributed by atoms with Crippen LogP contribution in [0.15, 0.2) is 34.8 Å². The van der Waals surface area contributed by atoms with Gasteiger partial charge in [-0.15, -0.1) is 0 Å². The van der Waals surface area contributed by atoms with Crippen molar-refractivity contribution in [1.29, 1.82) is 0 Å². The molecule has 0 heterocycles. The summed E-state index contributed by atoms with van der Waals surface area (Å²) in [5.74, 6) is -1.94. The van der Waals surface area contributed by atoms with Gasteiger partial charge in [-0.3, -0.25) is 14.4 Å². The molecule has 4 N–H and O–H groups in total. The van der Waals surface area contributed by atoms with Gasteiger partial charge >= 0.3 is 0 Å². The highest BCUT2D eigenvalue weighted by atomic mass is 79.9. The van der Waals surface area contributed by atoms with E-state index in [4.69, 9.17) is 11.5 Å². The number of rotatable bonds is 6. The molecule has 0 aliphatic heterocycles. The number of hydrogen-bond acceptors (Lipinski definition) is 3. The van der Waals surface area contributed by atoms with Crippen molar-refractivity contribution in [2.75, 3.05) is 13.1 Å². The molecule has 6 nitrogen and oxygen atoms in total. The number of carbonyl (C=O) groups excluding carboxylic acids is 3. The minimum Gasteiger partial charge on any atom is -0.368 e. The second-order valence-electron chi connectivity index (χ2n) is 3.98. The Labute approximate surface area is 124 Å². The van der Waals surface area contributed by atoms with Crippen LogP contribution in [0, 0.1) is 0 Å². The van der Waals surface area contributed by atoms with Crippen molar-refractivity contribution in [3.8, 4) is 0 Å². The van der Waals surface area contributed by atoms with Gasteiger partial charge < -0.3 is 16.4 Å². The molecule has 3 amide bonds. The Morgan fingerprint density at radius 2 is 1.65 bits per heavy atom. The van der Waals surface area contributed by atoms with E-state index in [-0.39, 0.29) is 13.1 Å². The van der Waals surface area contributed by atoms with Gasteiger partial charge in [0.05, 0.1) is 0 Å². The summed E-state index contributed by atoms with van der Waals surface area (Å²) >= 11 is 3.34. The van der Waals surface area contributed by atoms with Crippen molar-refractivity contribution >= 4 is 39.7 Å². The third-order valence-corrected chi connectivity index (χ3v) is 3.04. The van der Waals surface area contributed by atoms with Crippen LogP contribution in [0.25, 0.3) is 6.08 Å². The number of nitrogens with zero attached hydrogens (tertiary/aromatic N) is 1. The van der Waals surface area contributed by atoms with Gasteiger partial charge in [-0.2, -0.15) is 0 Å². The minimum absolute atomic E-state index is 0.359. The zero-order valence-electron chi connectivity index (χ0n) is 10.6. The van der Waals surface area contributed by atoms with Crippen LogP contribution in [0.1, 0.15) is 5.56 Å². The summed E-state index contributed by atoms with van der Waals surface area (Å²) < 4.78 is 0.820. The maximum absolute atomic E-state index is 11.9. The molecule has 0 aliphatic carbocycles. The largest absolute Gasteiger partial charge is 0.368 e. The molecule has 0 bridgehead atoms. The molecule has 1 rings (SSSR count). The van der Waals surface area contributed by atoms with Gasteiger partial charge in [0.25, 0.3) is 0 Å². The minimum atomic E-state index is -0.714. The van der Waals surface area contributed by atoms with Gasteiger partial charge in [0.2, 0.25) is 17.7 Å². The lowest BCUT2D eigenvalue weighted by atomic mass is 10.2. The van der Waals surface area contributed by atoms with Crippen LogP contribution in [0.5, 0.6) is 0 Å². The SMILES string of the molecule is NC(=O)CN(CC(N)=O)C(=O)/C=C/c1ccccc1Br. The van der Waals surface area contributed by atoms with Crippen LogP contribution in [0.2, 0.25) is 0 Å². The standard InChI is InChI=1S/C13H14BrN3O3/c14-10-4-2-1-3-9(10)5-6-13(20)17(7-11(15)18)8-12(16)19/h1-6H,7-8H2,(H2,15,18)(H2,16,19)/b6-5+. The van der Waals surface area contributed by atoms with E-state index in [9.17, 15) is 14.4 Å². The van der Waals surface area contributed by atoms with Crippen molar-refractivity contribution in [3.05, 3.63) is 40.4 Å². The number of halogens is 1. The first-order chi connectivity index (χ1) is 9.40. The first-order valence-corrected chi connectivity index (χ1v) is 6.47. The molecular weight excluding hydrogens is 326 g/mol. The number of amides is 3. The Kier molecular flexibility index (Phi) is 5.92. The molecule has 106 valence electrons. The number of nitrogens with two attached hydrogens (primary N) is 2. The van der Waals surface area contributed by atoms with Gasteiger partial charge in [0, 0.05) is 10.5 Å². The maximum Gasteiger partial charge on any atom is 0.247 e. The first kappa shape index (κ1) is 15.9. The highest BCUT2D eigenvalue weighted by Crippen LogP contribution is 2.17. The molecule has 0 spiro atoms. The molecule has 0 unspecified atom stereocenters. The van der Waals surface area contributed by atoms with Gasteiger partial charge in [-0.05, 0) is 17.7 Å². The molecule has 7 heteroatoms. The van der Waals surface area contributed by atoms with Crippen molar-refractivity contribution in [2.45, 2.75) is 0 Å². The lowest BCUT2D eigenvalue weighted by Gasteiger charge is -2.17. The highest BCUT2D eigenvalue weighted by Gasteiger charge is 2.15. The van der Waals surface area contributed by atoms with Crippen LogP contribution in [-0.4, -0.2) is 35.7 Å². The second kappa shape index (κ2) is 7.44. The summed E-state index contributed by atoms with van der Waals surface area (Å²) in [4.78, 5) is 34.6. The topological polar surface area (TPSA) is 106 Å². The van der Waals surface area contributed by atoms with E-state index in [0.717, 1.165) is 14.9 Å². The molecule has 1 aromatic carbocycles. The number of primary amides is 2. The van der Waals surface area contributed by atoms with E-state index >= 15 is 0 Å². The van der Waals surface area contributed by atoms with E-state index in [0.29, 0.717) is 0 Å². The zero-order valence-corrected chi connectivity index (χ0v) is 12.2. The fourth-order valence-electron chi connectivity index (χ4n) is 1.46. The summed E-state index contributed by atoms with van der Waals surface area (Å²) in [5.41, 5.74) is 10.8. The number of benzene rings is 1. The lowest BCUT2D eigenvalue weighted by molar-refractivity contribution is -0.134. The Hall–Kier alpha value is -2.15. The second-order valence-corrected chi connectivity index (χ2v) is 4.84. The van der Waals surface area contributed by atoms with Crippen LogP contribution < -0.4 is 11.5 Å². The van der Waals surface area contributed by atoms with Crippen LogP contribution in [0.4, 0.5) is 0 Å². The zero-order chi connectivity index (χ0) is 15.1. The summed E-state index contributed by atoms with van der Waals surface area (Å²) in [7, 11) is 0. The van der Waals surface area contributed by atoms with E-state index in [1.54, 1.807) is 12.1 Å². The monoisotopic (exact) mass is 339 g/mol. The van der Waals surface area contributed by atoms with Crippen molar-refractivity contribution in [3.63, 3.8) is 0 Å². The van der Waals surface area contributed by atoms with Gasteiger partial charge in [0.1, 0.15) is 13.1 Å². The third-order valence-electron chi connectivity index (χ3n) is 2.32. The van der Waals surface area contributed by atoms with Gasteiger partial charge in [-0.1, -0.05) is 34.1 Å². The molecule has 20 heavy (non-hydrogen) atoms. The van der Waals surface area contributed by atoms with Crippen LogP contribution >= 0.6 is 15.9 Å². The predicted molar refractivity (Wildman–Crippen MR) is 78.1 cm³/mol. The average Bonchev–Trinajstić information content (AvgIpc) is 2.35. The summed E-state index contributed by atoms with van der Waals surface area (Å²) in [6, 6.07) is 7.30. The van der Waals surface area contributed by atoms with Crippen LogP contribution in [-0.2, 0) is 14.4 Å². The van der Waals surface area contributed by atoms with E-state index in [1.165, 1.54) is 6.08 Å². The Balaban J connectivity index is 2.82. The number of hydrogen-bond donors (Lipinski definition) is 2. The molecule has 1 aromatic rings. The van der Waals surface area contributed by atoms with E-state index in [1.807, 2.05) is 18.2 Å². The van der Waals surface area contributed by atoms with E-state index in [2.05, 4.69) is 15.9 Å². The van der Waals surface area contributed by atoms with Gasteiger partial charge in [-0.25, -0.2) is 0 Å². The highest BCUT2D eigenvalue weighted by molar-refractivity contribution is 9.10. The molecule has 0 aliphatic rings. The lowest BCUT2D eigenvalue weighted by Crippen LogP contribution is -2.42. The third kappa shape index (κ3) is 5.23. The van der Waals surface area contributed by atoms with Crippen LogP contribution in [0.3, 0.4) is 0 Å². The quantitative estimate of drug-likeness (QED) is 0.726. The van der Waals surface area contributed by atoms with E-state index < -0.39 is 17.7 Å². The Bertz CT molecular complexity index is 542. The summed E-state index contributed by atoms with van der Waals surface area (Å²) in [6.45, 7) is -0.718. The Morgan fingerprint density at radius 3 is 2.15 bits per heavy atom. The van der Waals surface area contributed by atoms with Gasteiger partial charge in [0.15, 0.2) is 0 Å². The normalized spacial score (nSPS) is 10.4. The number of carbonyl (C=O) groups is 3. The predicted octanol–water partition coefficient (Wildman–Crippen LogP) is 0.262. The summed E-state index contributed by atoms with van der Waals surface area (Å²) in [5, 5.41) is 0. The fraction of sp³-hybridized carbons (Fsp3) is 0.154. The van der Waals surface area contributed by atoms with Crippen molar-refractivity contribution in [2.24, 2.45) is 11.5 Å². The average molecular weight is 340 g/mol.